The molecule has 3 heteroatoms. The first-order valence-electron chi connectivity index (χ1n) is 9.03. The van der Waals surface area contributed by atoms with Crippen LogP contribution in [0.5, 0.6) is 0 Å². The van der Waals surface area contributed by atoms with Crippen LogP contribution < -0.4 is 5.32 Å². The molecule has 26 heavy (non-hydrogen) atoms. The van der Waals surface area contributed by atoms with E-state index in [1.165, 1.54) is 16.5 Å². The number of amides is 1. The van der Waals surface area contributed by atoms with Gasteiger partial charge in [-0.1, -0.05) is 42.5 Å². The normalized spacial score (nSPS) is 14.0. The Hall–Kier alpha value is -3.07. The summed E-state index contributed by atoms with van der Waals surface area (Å²) in [4.78, 5) is 12.9. The summed E-state index contributed by atoms with van der Waals surface area (Å²) in [6.45, 7) is 1.95. The van der Waals surface area contributed by atoms with Gasteiger partial charge in [-0.2, -0.15) is 0 Å². The monoisotopic (exact) mass is 341 g/mol. The number of carbonyl (C=O) groups excluding carboxylic acids is 1. The van der Waals surface area contributed by atoms with Crippen molar-refractivity contribution >= 4 is 27.6 Å². The summed E-state index contributed by atoms with van der Waals surface area (Å²) in [5.74, 6) is 0.707. The molecule has 3 aromatic carbocycles. The van der Waals surface area contributed by atoms with Crippen LogP contribution in [0.1, 0.15) is 40.2 Å². The Morgan fingerprint density at radius 1 is 1.00 bits per heavy atom. The molecule has 5 rings (SSSR count). The van der Waals surface area contributed by atoms with Crippen LogP contribution in [-0.2, 0) is 12.8 Å². The molecule has 0 fully saturated rings. The van der Waals surface area contributed by atoms with Gasteiger partial charge in [0.05, 0.1) is 6.04 Å². The molecule has 0 saturated heterocycles. The summed E-state index contributed by atoms with van der Waals surface area (Å²) in [5.41, 5.74) is 4.26. The van der Waals surface area contributed by atoms with E-state index < -0.39 is 0 Å². The van der Waals surface area contributed by atoms with Crippen molar-refractivity contribution in [2.24, 2.45) is 0 Å². The number of carbonyl (C=O) groups is 1. The molecule has 1 unspecified atom stereocenters. The molecule has 1 atom stereocenters. The number of hydrogen-bond donors (Lipinski definition) is 1. The first-order chi connectivity index (χ1) is 12.7. The van der Waals surface area contributed by atoms with Crippen LogP contribution in [-0.4, -0.2) is 5.91 Å². The molecule has 4 aromatic rings. The van der Waals surface area contributed by atoms with E-state index in [0.717, 1.165) is 40.5 Å². The van der Waals surface area contributed by atoms with E-state index in [2.05, 4.69) is 23.5 Å². The molecule has 1 aliphatic rings. The summed E-state index contributed by atoms with van der Waals surface area (Å²) < 4.78 is 5.89. The standard InChI is InChI=1S/C23H19NO2/c1-14(21-13-17-5-2-3-8-20(17)26-21)24-23(25)19-12-11-16-10-9-15-6-4-7-18(19)22(15)16/h2-8,11-14H,9-10H2,1H3,(H,24,25). The molecule has 0 aliphatic heterocycles. The third-order valence-electron chi connectivity index (χ3n) is 5.34. The second kappa shape index (κ2) is 5.73. The fourth-order valence-electron chi connectivity index (χ4n) is 4.01. The van der Waals surface area contributed by atoms with Crippen LogP contribution in [0.3, 0.4) is 0 Å². The number of rotatable bonds is 3. The maximum Gasteiger partial charge on any atom is 0.252 e. The van der Waals surface area contributed by atoms with E-state index in [4.69, 9.17) is 4.42 Å². The largest absolute Gasteiger partial charge is 0.459 e. The molecule has 1 aliphatic carbocycles. The maximum atomic E-state index is 12.9. The van der Waals surface area contributed by atoms with Gasteiger partial charge in [0, 0.05) is 10.9 Å². The van der Waals surface area contributed by atoms with Crippen LogP contribution >= 0.6 is 0 Å². The predicted octanol–water partition coefficient (Wildman–Crippen LogP) is 5.18. The lowest BCUT2D eigenvalue weighted by atomic mass is 9.99. The van der Waals surface area contributed by atoms with Gasteiger partial charge in [0.15, 0.2) is 0 Å². The zero-order valence-corrected chi connectivity index (χ0v) is 14.6. The fraction of sp³-hybridized carbons (Fsp3) is 0.174. The molecule has 0 bridgehead atoms. The number of aryl methyl sites for hydroxylation is 2. The molecule has 0 radical (unpaired) electrons. The summed E-state index contributed by atoms with van der Waals surface area (Å²) in [6.07, 6.45) is 2.13. The van der Waals surface area contributed by atoms with Crippen molar-refractivity contribution in [3.63, 3.8) is 0 Å². The molecule has 1 N–H and O–H groups in total. The van der Waals surface area contributed by atoms with Gasteiger partial charge in [-0.15, -0.1) is 0 Å². The van der Waals surface area contributed by atoms with E-state index in [1.54, 1.807) is 0 Å². The lowest BCUT2D eigenvalue weighted by Crippen LogP contribution is -2.26. The second-order valence-electron chi connectivity index (χ2n) is 6.99. The minimum atomic E-state index is -0.196. The highest BCUT2D eigenvalue weighted by Gasteiger charge is 2.20. The van der Waals surface area contributed by atoms with Gasteiger partial charge < -0.3 is 9.73 Å². The SMILES string of the molecule is CC(NC(=O)c1ccc2c3c(cccc13)CC2)c1cc2ccccc2o1. The highest BCUT2D eigenvalue weighted by atomic mass is 16.3. The van der Waals surface area contributed by atoms with Crippen molar-refractivity contribution in [2.75, 3.05) is 0 Å². The van der Waals surface area contributed by atoms with E-state index in [-0.39, 0.29) is 11.9 Å². The quantitative estimate of drug-likeness (QED) is 0.558. The fourth-order valence-corrected chi connectivity index (χ4v) is 4.01. The van der Waals surface area contributed by atoms with Crippen molar-refractivity contribution in [3.8, 4) is 0 Å². The second-order valence-corrected chi connectivity index (χ2v) is 6.99. The third-order valence-corrected chi connectivity index (χ3v) is 5.34. The van der Waals surface area contributed by atoms with E-state index in [0.29, 0.717) is 0 Å². The third kappa shape index (κ3) is 2.31. The highest BCUT2D eigenvalue weighted by molar-refractivity contribution is 6.09. The number of para-hydroxylation sites is 1. The van der Waals surface area contributed by atoms with Gasteiger partial charge in [-0.25, -0.2) is 0 Å². The van der Waals surface area contributed by atoms with E-state index >= 15 is 0 Å². The zero-order chi connectivity index (χ0) is 17.7. The molecule has 3 nitrogen and oxygen atoms in total. The van der Waals surface area contributed by atoms with Crippen molar-refractivity contribution in [1.82, 2.24) is 5.32 Å². The zero-order valence-electron chi connectivity index (χ0n) is 14.6. The van der Waals surface area contributed by atoms with Gasteiger partial charge in [-0.3, -0.25) is 4.79 Å². The number of benzene rings is 3. The van der Waals surface area contributed by atoms with Gasteiger partial charge >= 0.3 is 0 Å². The van der Waals surface area contributed by atoms with Gasteiger partial charge in [0.1, 0.15) is 11.3 Å². The van der Waals surface area contributed by atoms with E-state index in [9.17, 15) is 4.79 Å². The van der Waals surface area contributed by atoms with Crippen LogP contribution in [0, 0.1) is 0 Å². The lowest BCUT2D eigenvalue weighted by Gasteiger charge is -2.13. The first-order valence-corrected chi connectivity index (χ1v) is 9.03. The summed E-state index contributed by atoms with van der Waals surface area (Å²) in [5, 5.41) is 6.45. The van der Waals surface area contributed by atoms with Crippen LogP contribution in [0.2, 0.25) is 0 Å². The van der Waals surface area contributed by atoms with Crippen molar-refractivity contribution in [2.45, 2.75) is 25.8 Å². The predicted molar refractivity (Wildman–Crippen MR) is 103 cm³/mol. The number of fused-ring (bicyclic) bond motifs is 1. The Bertz CT molecular complexity index is 1110. The van der Waals surface area contributed by atoms with Crippen molar-refractivity contribution < 1.29 is 9.21 Å². The number of furan rings is 1. The van der Waals surface area contributed by atoms with Crippen LogP contribution in [0.25, 0.3) is 21.7 Å². The topological polar surface area (TPSA) is 42.2 Å². The summed E-state index contributed by atoms with van der Waals surface area (Å²) in [6, 6.07) is 20.0. The lowest BCUT2D eigenvalue weighted by molar-refractivity contribution is 0.0937. The van der Waals surface area contributed by atoms with Crippen LogP contribution in [0.15, 0.2) is 65.1 Å². The van der Waals surface area contributed by atoms with Gasteiger partial charge in [-0.05, 0) is 59.9 Å². The molecule has 0 saturated carbocycles. The molecular weight excluding hydrogens is 322 g/mol. The minimum Gasteiger partial charge on any atom is -0.459 e. The van der Waals surface area contributed by atoms with Gasteiger partial charge in [0.2, 0.25) is 0 Å². The highest BCUT2D eigenvalue weighted by Crippen LogP contribution is 2.33. The molecule has 1 heterocycles. The molecule has 1 amide bonds. The number of hydrogen-bond acceptors (Lipinski definition) is 2. The molecule has 128 valence electrons. The van der Waals surface area contributed by atoms with Crippen LogP contribution in [0.4, 0.5) is 0 Å². The van der Waals surface area contributed by atoms with Gasteiger partial charge in [0.25, 0.3) is 5.91 Å². The Balaban J connectivity index is 1.48. The smallest absolute Gasteiger partial charge is 0.252 e. The van der Waals surface area contributed by atoms with Crippen molar-refractivity contribution in [3.05, 3.63) is 83.1 Å². The molecule has 0 spiro atoms. The van der Waals surface area contributed by atoms with E-state index in [1.807, 2.05) is 49.4 Å². The average Bonchev–Trinajstić information content (AvgIpc) is 3.27. The molecule has 1 aromatic heterocycles. The Morgan fingerprint density at radius 3 is 2.65 bits per heavy atom. The Morgan fingerprint density at radius 2 is 1.81 bits per heavy atom. The minimum absolute atomic E-state index is 0.0615. The summed E-state index contributed by atoms with van der Waals surface area (Å²) >= 11 is 0. The Labute approximate surface area is 151 Å². The van der Waals surface area contributed by atoms with Crippen molar-refractivity contribution in [1.29, 1.82) is 0 Å². The average molecular weight is 341 g/mol. The first kappa shape index (κ1) is 15.2. The Kier molecular flexibility index (Phi) is 3.35. The summed E-state index contributed by atoms with van der Waals surface area (Å²) in [7, 11) is 0. The maximum absolute atomic E-state index is 12.9. The molecular formula is C23H19NO2. The number of nitrogens with one attached hydrogen (secondary N) is 1.